The zero-order chi connectivity index (χ0) is 17.6. The van der Waals surface area contributed by atoms with Gasteiger partial charge in [0.15, 0.2) is 11.5 Å². The molecule has 2 aliphatic heterocycles. The van der Waals surface area contributed by atoms with Crippen molar-refractivity contribution in [3.8, 4) is 0 Å². The largest absolute Gasteiger partial charge is 0.359 e. The van der Waals surface area contributed by atoms with E-state index in [0.717, 1.165) is 84.2 Å². The third kappa shape index (κ3) is 4.80. The van der Waals surface area contributed by atoms with Crippen molar-refractivity contribution < 1.29 is 9.32 Å². The van der Waals surface area contributed by atoms with Gasteiger partial charge >= 0.3 is 0 Å². The lowest BCUT2D eigenvalue weighted by molar-refractivity contribution is 0.0627. The fraction of sp³-hybridized carbons (Fsp3) is 0.778. The van der Waals surface area contributed by atoms with E-state index >= 15 is 0 Å². The third-order valence-electron chi connectivity index (χ3n) is 5.27. The fourth-order valence-corrected chi connectivity index (χ4v) is 3.63. The van der Waals surface area contributed by atoms with Crippen molar-refractivity contribution in [3.05, 3.63) is 17.5 Å². The molecule has 0 bridgehead atoms. The Bertz CT molecular complexity index is 545. The second kappa shape index (κ2) is 8.78. The SMILES string of the molecule is CCCN1CCN(C(=O)c2cc(CN3CCN(CC)CC3)on2)CC1. The van der Waals surface area contributed by atoms with Gasteiger partial charge in [-0.05, 0) is 19.5 Å². The zero-order valence-corrected chi connectivity index (χ0v) is 15.6. The lowest BCUT2D eigenvalue weighted by atomic mass is 10.2. The standard InChI is InChI=1S/C18H31N5O2/c1-3-5-21-10-12-23(13-11-21)18(24)17-14-16(25-19-17)15-22-8-6-20(4-2)7-9-22/h14H,3-13,15H2,1-2H3. The van der Waals surface area contributed by atoms with E-state index in [1.165, 1.54) is 0 Å². The van der Waals surface area contributed by atoms with Crippen molar-refractivity contribution >= 4 is 5.91 Å². The summed E-state index contributed by atoms with van der Waals surface area (Å²) in [5.74, 6) is 0.792. The molecule has 0 radical (unpaired) electrons. The van der Waals surface area contributed by atoms with Crippen molar-refractivity contribution in [1.29, 1.82) is 0 Å². The molecule has 1 aromatic heterocycles. The molecule has 3 heterocycles. The van der Waals surface area contributed by atoms with Gasteiger partial charge in [0.25, 0.3) is 5.91 Å². The van der Waals surface area contributed by atoms with Crippen LogP contribution in [-0.4, -0.2) is 96.1 Å². The van der Waals surface area contributed by atoms with Crippen LogP contribution in [0.25, 0.3) is 0 Å². The maximum absolute atomic E-state index is 12.6. The molecule has 1 aromatic rings. The molecule has 25 heavy (non-hydrogen) atoms. The van der Waals surface area contributed by atoms with Crippen LogP contribution in [0, 0.1) is 0 Å². The molecule has 0 atom stereocenters. The number of hydrogen-bond donors (Lipinski definition) is 0. The van der Waals surface area contributed by atoms with Crippen LogP contribution in [0.3, 0.4) is 0 Å². The Hall–Kier alpha value is -1.44. The van der Waals surface area contributed by atoms with Gasteiger partial charge in [-0.1, -0.05) is 19.0 Å². The van der Waals surface area contributed by atoms with Crippen LogP contribution in [0.2, 0.25) is 0 Å². The Kier molecular flexibility index (Phi) is 6.45. The molecule has 1 amide bonds. The van der Waals surface area contributed by atoms with Gasteiger partial charge in [-0.15, -0.1) is 0 Å². The smallest absolute Gasteiger partial charge is 0.276 e. The van der Waals surface area contributed by atoms with Crippen LogP contribution in [0.5, 0.6) is 0 Å². The summed E-state index contributed by atoms with van der Waals surface area (Å²) in [6.07, 6.45) is 1.16. The molecule has 0 aliphatic carbocycles. The first-order valence-corrected chi connectivity index (χ1v) is 9.61. The molecule has 7 nitrogen and oxygen atoms in total. The second-order valence-electron chi connectivity index (χ2n) is 7.02. The second-order valence-corrected chi connectivity index (χ2v) is 7.02. The van der Waals surface area contributed by atoms with Crippen LogP contribution in [0.1, 0.15) is 36.5 Å². The van der Waals surface area contributed by atoms with Gasteiger partial charge in [-0.3, -0.25) is 14.6 Å². The molecule has 7 heteroatoms. The van der Waals surface area contributed by atoms with Crippen LogP contribution < -0.4 is 0 Å². The van der Waals surface area contributed by atoms with E-state index in [2.05, 4.69) is 33.7 Å². The summed E-state index contributed by atoms with van der Waals surface area (Å²) in [4.78, 5) is 21.7. The number of rotatable bonds is 6. The highest BCUT2D eigenvalue weighted by Gasteiger charge is 2.25. The molecule has 0 saturated carbocycles. The molecule has 2 saturated heterocycles. The number of piperazine rings is 2. The molecule has 0 aromatic carbocycles. The Labute approximate surface area is 150 Å². The summed E-state index contributed by atoms with van der Waals surface area (Å²) in [6.45, 7) is 15.1. The molecular weight excluding hydrogens is 318 g/mol. The maximum atomic E-state index is 12.6. The minimum atomic E-state index is 0.00181. The number of nitrogens with zero attached hydrogens (tertiary/aromatic N) is 5. The molecule has 0 spiro atoms. The summed E-state index contributed by atoms with van der Waals surface area (Å²) < 4.78 is 5.43. The third-order valence-corrected chi connectivity index (χ3v) is 5.27. The Balaban J connectivity index is 1.49. The summed E-state index contributed by atoms with van der Waals surface area (Å²) in [6, 6.07) is 1.83. The van der Waals surface area contributed by atoms with Gasteiger partial charge in [0.2, 0.25) is 0 Å². The Morgan fingerprint density at radius 3 is 2.28 bits per heavy atom. The first kappa shape index (κ1) is 18.4. The molecule has 2 aliphatic rings. The fourth-order valence-electron chi connectivity index (χ4n) is 3.63. The van der Waals surface area contributed by atoms with E-state index in [1.807, 2.05) is 11.0 Å². The summed E-state index contributed by atoms with van der Waals surface area (Å²) in [5, 5.41) is 4.03. The number of carbonyl (C=O) groups excluding carboxylic acids is 1. The number of likely N-dealkylation sites (N-methyl/N-ethyl adjacent to an activating group) is 1. The van der Waals surface area contributed by atoms with E-state index in [9.17, 15) is 4.79 Å². The maximum Gasteiger partial charge on any atom is 0.276 e. The van der Waals surface area contributed by atoms with Gasteiger partial charge in [0.05, 0.1) is 6.54 Å². The van der Waals surface area contributed by atoms with Gasteiger partial charge in [0.1, 0.15) is 0 Å². The predicted octanol–water partition coefficient (Wildman–Crippen LogP) is 0.980. The first-order valence-electron chi connectivity index (χ1n) is 9.61. The average molecular weight is 349 g/mol. The Morgan fingerprint density at radius 1 is 1.00 bits per heavy atom. The molecule has 0 N–H and O–H groups in total. The van der Waals surface area contributed by atoms with E-state index in [1.54, 1.807) is 0 Å². The van der Waals surface area contributed by atoms with Crippen molar-refractivity contribution in [2.24, 2.45) is 0 Å². The van der Waals surface area contributed by atoms with E-state index in [-0.39, 0.29) is 5.91 Å². The number of carbonyl (C=O) groups is 1. The molecule has 140 valence electrons. The van der Waals surface area contributed by atoms with Crippen molar-refractivity contribution in [1.82, 2.24) is 24.8 Å². The Morgan fingerprint density at radius 2 is 1.64 bits per heavy atom. The lowest BCUT2D eigenvalue weighted by Crippen LogP contribution is -2.48. The first-order chi connectivity index (χ1) is 12.2. The van der Waals surface area contributed by atoms with E-state index in [0.29, 0.717) is 5.69 Å². The zero-order valence-electron chi connectivity index (χ0n) is 15.6. The van der Waals surface area contributed by atoms with E-state index < -0.39 is 0 Å². The monoisotopic (exact) mass is 349 g/mol. The van der Waals surface area contributed by atoms with Crippen LogP contribution in [-0.2, 0) is 6.54 Å². The highest BCUT2D eigenvalue weighted by Crippen LogP contribution is 2.13. The number of hydrogen-bond acceptors (Lipinski definition) is 6. The van der Waals surface area contributed by atoms with Crippen molar-refractivity contribution in [2.45, 2.75) is 26.8 Å². The van der Waals surface area contributed by atoms with Crippen molar-refractivity contribution in [2.75, 3.05) is 65.4 Å². The van der Waals surface area contributed by atoms with Crippen LogP contribution in [0.15, 0.2) is 10.6 Å². The molecule has 2 fully saturated rings. The quantitative estimate of drug-likeness (QED) is 0.763. The van der Waals surface area contributed by atoms with E-state index in [4.69, 9.17) is 4.52 Å². The highest BCUT2D eigenvalue weighted by molar-refractivity contribution is 5.92. The molecule has 0 unspecified atom stereocenters. The molecular formula is C18H31N5O2. The van der Waals surface area contributed by atoms with Gasteiger partial charge in [0, 0.05) is 58.4 Å². The lowest BCUT2D eigenvalue weighted by Gasteiger charge is -2.34. The normalized spacial score (nSPS) is 21.0. The van der Waals surface area contributed by atoms with Gasteiger partial charge in [-0.25, -0.2) is 0 Å². The number of aromatic nitrogens is 1. The topological polar surface area (TPSA) is 56.1 Å². The summed E-state index contributed by atoms with van der Waals surface area (Å²) >= 11 is 0. The van der Waals surface area contributed by atoms with Gasteiger partial charge in [-0.2, -0.15) is 0 Å². The highest BCUT2D eigenvalue weighted by atomic mass is 16.5. The van der Waals surface area contributed by atoms with Crippen LogP contribution in [0.4, 0.5) is 0 Å². The average Bonchev–Trinajstić information content (AvgIpc) is 3.11. The van der Waals surface area contributed by atoms with Crippen LogP contribution >= 0.6 is 0 Å². The minimum absolute atomic E-state index is 0.00181. The summed E-state index contributed by atoms with van der Waals surface area (Å²) in [7, 11) is 0. The number of amides is 1. The van der Waals surface area contributed by atoms with Gasteiger partial charge < -0.3 is 14.3 Å². The van der Waals surface area contributed by atoms with Crippen molar-refractivity contribution in [3.63, 3.8) is 0 Å². The molecule has 3 rings (SSSR count). The minimum Gasteiger partial charge on any atom is -0.359 e. The predicted molar refractivity (Wildman–Crippen MR) is 96.5 cm³/mol. The summed E-state index contributed by atoms with van der Waals surface area (Å²) in [5.41, 5.74) is 0.450.